The van der Waals surface area contributed by atoms with Crippen LogP contribution in [-0.2, 0) is 6.42 Å². The van der Waals surface area contributed by atoms with Crippen molar-refractivity contribution in [3.05, 3.63) is 64.7 Å². The van der Waals surface area contributed by atoms with Crippen molar-refractivity contribution >= 4 is 11.6 Å². The lowest BCUT2D eigenvalue weighted by Crippen LogP contribution is -2.31. The van der Waals surface area contributed by atoms with Crippen molar-refractivity contribution in [2.45, 2.75) is 32.2 Å². The number of aryl methyl sites for hydroxylation is 2. The van der Waals surface area contributed by atoms with E-state index in [0.29, 0.717) is 11.3 Å². The van der Waals surface area contributed by atoms with E-state index in [1.54, 1.807) is 6.07 Å². The van der Waals surface area contributed by atoms with Gasteiger partial charge in [0.15, 0.2) is 0 Å². The van der Waals surface area contributed by atoms with Crippen LogP contribution in [0, 0.1) is 6.92 Å². The molecule has 108 valence electrons. The van der Waals surface area contributed by atoms with E-state index in [9.17, 15) is 4.79 Å². The summed E-state index contributed by atoms with van der Waals surface area (Å²) in [5.74, 6) is -0.0853. The van der Waals surface area contributed by atoms with Gasteiger partial charge in [0.25, 0.3) is 5.91 Å². The zero-order valence-corrected chi connectivity index (χ0v) is 12.2. The molecule has 0 bridgehead atoms. The van der Waals surface area contributed by atoms with Gasteiger partial charge >= 0.3 is 0 Å². The number of nitrogen functional groups attached to an aromatic ring is 1. The molecule has 1 atom stereocenters. The molecule has 0 saturated heterocycles. The van der Waals surface area contributed by atoms with Crippen molar-refractivity contribution in [2.75, 3.05) is 5.73 Å². The maximum atomic E-state index is 12.5. The fourth-order valence-corrected chi connectivity index (χ4v) is 3.01. The number of amides is 1. The van der Waals surface area contributed by atoms with Gasteiger partial charge in [-0.1, -0.05) is 35.9 Å². The summed E-state index contributed by atoms with van der Waals surface area (Å²) >= 11 is 0. The third-order valence-electron chi connectivity index (χ3n) is 4.13. The molecule has 0 radical (unpaired) electrons. The summed E-state index contributed by atoms with van der Waals surface area (Å²) < 4.78 is 0. The molecule has 0 saturated carbocycles. The molecule has 1 amide bonds. The van der Waals surface area contributed by atoms with Gasteiger partial charge in [0, 0.05) is 5.69 Å². The molecule has 0 aromatic heterocycles. The van der Waals surface area contributed by atoms with E-state index in [-0.39, 0.29) is 11.9 Å². The molecule has 3 N–H and O–H groups in total. The summed E-state index contributed by atoms with van der Waals surface area (Å²) in [5.41, 5.74) is 10.6. The van der Waals surface area contributed by atoms with Gasteiger partial charge < -0.3 is 11.1 Å². The van der Waals surface area contributed by atoms with Crippen LogP contribution in [0.4, 0.5) is 5.69 Å². The molecule has 1 unspecified atom stereocenters. The van der Waals surface area contributed by atoms with Crippen LogP contribution in [0.5, 0.6) is 0 Å². The van der Waals surface area contributed by atoms with Gasteiger partial charge in [-0.3, -0.25) is 4.79 Å². The molecule has 0 spiro atoms. The molecule has 2 aromatic carbocycles. The fourth-order valence-electron chi connectivity index (χ4n) is 3.01. The zero-order valence-electron chi connectivity index (χ0n) is 12.2. The molecule has 0 heterocycles. The second kappa shape index (κ2) is 5.60. The predicted molar refractivity (Wildman–Crippen MR) is 85.2 cm³/mol. The molecule has 3 rings (SSSR count). The number of anilines is 1. The number of hydrogen-bond donors (Lipinski definition) is 2. The van der Waals surface area contributed by atoms with Crippen LogP contribution in [0.25, 0.3) is 0 Å². The summed E-state index contributed by atoms with van der Waals surface area (Å²) in [6.45, 7) is 1.96. The highest BCUT2D eigenvalue weighted by Gasteiger charge is 2.22. The molecule has 3 nitrogen and oxygen atoms in total. The Bertz CT molecular complexity index is 679. The molecular formula is C18H20N2O. The molecule has 1 aliphatic carbocycles. The minimum atomic E-state index is -0.0853. The van der Waals surface area contributed by atoms with Crippen molar-refractivity contribution in [3.63, 3.8) is 0 Å². The van der Waals surface area contributed by atoms with Gasteiger partial charge in [-0.15, -0.1) is 0 Å². The second-order valence-corrected chi connectivity index (χ2v) is 5.71. The Morgan fingerprint density at radius 3 is 2.90 bits per heavy atom. The van der Waals surface area contributed by atoms with Crippen LogP contribution in [0.3, 0.4) is 0 Å². The number of hydrogen-bond acceptors (Lipinski definition) is 2. The standard InChI is InChI=1S/C18H20N2O/c1-12-9-10-16(19)15(11-12)18(21)20-17-8-4-6-13-5-2-3-7-14(13)17/h2-3,5,7,9-11,17H,4,6,8,19H2,1H3,(H,20,21). The van der Waals surface area contributed by atoms with Crippen molar-refractivity contribution in [1.82, 2.24) is 5.32 Å². The van der Waals surface area contributed by atoms with Gasteiger partial charge in [0.05, 0.1) is 11.6 Å². The average Bonchev–Trinajstić information content (AvgIpc) is 2.50. The molecule has 21 heavy (non-hydrogen) atoms. The van der Waals surface area contributed by atoms with Crippen LogP contribution in [-0.4, -0.2) is 5.91 Å². The number of benzene rings is 2. The summed E-state index contributed by atoms with van der Waals surface area (Å²) in [6.07, 6.45) is 3.18. The fraction of sp³-hybridized carbons (Fsp3) is 0.278. The third kappa shape index (κ3) is 2.77. The van der Waals surface area contributed by atoms with Crippen LogP contribution in [0.2, 0.25) is 0 Å². The van der Waals surface area contributed by atoms with E-state index in [1.807, 2.05) is 25.1 Å². The van der Waals surface area contributed by atoms with Gasteiger partial charge in [-0.05, 0) is 49.4 Å². The first kappa shape index (κ1) is 13.7. The van der Waals surface area contributed by atoms with Gasteiger partial charge in [0.1, 0.15) is 0 Å². The minimum absolute atomic E-state index is 0.0853. The summed E-state index contributed by atoms with van der Waals surface area (Å²) in [6, 6.07) is 14.0. The SMILES string of the molecule is Cc1ccc(N)c(C(=O)NC2CCCc3ccccc32)c1. The highest BCUT2D eigenvalue weighted by molar-refractivity contribution is 5.99. The van der Waals surface area contributed by atoms with Crippen molar-refractivity contribution in [3.8, 4) is 0 Å². The maximum Gasteiger partial charge on any atom is 0.253 e. The lowest BCUT2D eigenvalue weighted by atomic mass is 9.87. The van der Waals surface area contributed by atoms with Crippen molar-refractivity contribution in [1.29, 1.82) is 0 Å². The Balaban J connectivity index is 1.84. The predicted octanol–water partition coefficient (Wildman–Crippen LogP) is 3.38. The lowest BCUT2D eigenvalue weighted by molar-refractivity contribution is 0.0933. The highest BCUT2D eigenvalue weighted by atomic mass is 16.1. The van der Waals surface area contributed by atoms with E-state index in [4.69, 9.17) is 5.73 Å². The Labute approximate surface area is 125 Å². The van der Waals surface area contributed by atoms with E-state index in [1.165, 1.54) is 11.1 Å². The lowest BCUT2D eigenvalue weighted by Gasteiger charge is -2.26. The van der Waals surface area contributed by atoms with E-state index in [2.05, 4.69) is 23.5 Å². The molecular weight excluding hydrogens is 260 g/mol. The molecule has 1 aliphatic rings. The topological polar surface area (TPSA) is 55.1 Å². The monoisotopic (exact) mass is 280 g/mol. The minimum Gasteiger partial charge on any atom is -0.398 e. The normalized spacial score (nSPS) is 17.1. The Morgan fingerprint density at radius 1 is 1.24 bits per heavy atom. The first-order chi connectivity index (χ1) is 10.1. The maximum absolute atomic E-state index is 12.5. The third-order valence-corrected chi connectivity index (χ3v) is 4.13. The summed E-state index contributed by atoms with van der Waals surface area (Å²) in [5, 5.41) is 3.14. The second-order valence-electron chi connectivity index (χ2n) is 5.71. The smallest absolute Gasteiger partial charge is 0.253 e. The van der Waals surface area contributed by atoms with Crippen molar-refractivity contribution in [2.24, 2.45) is 0 Å². The highest BCUT2D eigenvalue weighted by Crippen LogP contribution is 2.30. The van der Waals surface area contributed by atoms with Crippen LogP contribution in [0.15, 0.2) is 42.5 Å². The van der Waals surface area contributed by atoms with Gasteiger partial charge in [-0.25, -0.2) is 0 Å². The van der Waals surface area contributed by atoms with Crippen LogP contribution >= 0.6 is 0 Å². The van der Waals surface area contributed by atoms with Crippen LogP contribution < -0.4 is 11.1 Å². The van der Waals surface area contributed by atoms with E-state index < -0.39 is 0 Å². The number of fused-ring (bicyclic) bond motifs is 1. The Hall–Kier alpha value is -2.29. The summed E-state index contributed by atoms with van der Waals surface area (Å²) in [7, 11) is 0. The van der Waals surface area contributed by atoms with E-state index >= 15 is 0 Å². The molecule has 2 aromatic rings. The quantitative estimate of drug-likeness (QED) is 0.829. The molecule has 3 heteroatoms. The van der Waals surface area contributed by atoms with Crippen LogP contribution in [0.1, 0.15) is 45.9 Å². The molecule has 0 fully saturated rings. The number of carbonyl (C=O) groups excluding carboxylic acids is 1. The first-order valence-electron chi connectivity index (χ1n) is 7.40. The van der Waals surface area contributed by atoms with Gasteiger partial charge in [0.2, 0.25) is 0 Å². The zero-order chi connectivity index (χ0) is 14.8. The number of nitrogens with two attached hydrogens (primary N) is 1. The van der Waals surface area contributed by atoms with Gasteiger partial charge in [-0.2, -0.15) is 0 Å². The Morgan fingerprint density at radius 2 is 2.05 bits per heavy atom. The number of carbonyl (C=O) groups is 1. The molecule has 0 aliphatic heterocycles. The summed E-state index contributed by atoms with van der Waals surface area (Å²) in [4.78, 5) is 12.5. The largest absolute Gasteiger partial charge is 0.398 e. The number of nitrogens with one attached hydrogen (secondary N) is 1. The average molecular weight is 280 g/mol. The Kier molecular flexibility index (Phi) is 3.65. The van der Waals surface area contributed by atoms with E-state index in [0.717, 1.165) is 24.8 Å². The number of rotatable bonds is 2. The van der Waals surface area contributed by atoms with Crippen molar-refractivity contribution < 1.29 is 4.79 Å². The first-order valence-corrected chi connectivity index (χ1v) is 7.40.